The lowest BCUT2D eigenvalue weighted by Gasteiger charge is -1.97. The van der Waals surface area contributed by atoms with Crippen LogP contribution in [0.1, 0.15) is 18.9 Å². The highest BCUT2D eigenvalue weighted by atomic mass is 19.1. The summed E-state index contributed by atoms with van der Waals surface area (Å²) in [7, 11) is 0. The number of halogens is 1. The van der Waals surface area contributed by atoms with Crippen LogP contribution in [0, 0.1) is 5.82 Å². The average Bonchev–Trinajstić information content (AvgIpc) is 2.23. The molecule has 0 spiro atoms. The van der Waals surface area contributed by atoms with Gasteiger partial charge in [0, 0.05) is 6.08 Å². The minimum atomic E-state index is -0.402. The smallest absolute Gasteiger partial charge is 0.330 e. The van der Waals surface area contributed by atoms with E-state index in [-0.39, 0.29) is 5.82 Å². The van der Waals surface area contributed by atoms with Crippen molar-refractivity contribution in [3.05, 3.63) is 41.7 Å². The second-order valence-electron chi connectivity index (χ2n) is 3.06. The fraction of sp³-hybridized carbons (Fsp3) is 0.250. The van der Waals surface area contributed by atoms with E-state index in [0.717, 1.165) is 6.42 Å². The van der Waals surface area contributed by atoms with Gasteiger partial charge in [-0.1, -0.05) is 19.1 Å². The number of ether oxygens (including phenoxy) is 1. The molecule has 1 rings (SSSR count). The van der Waals surface area contributed by atoms with Gasteiger partial charge in [0.25, 0.3) is 0 Å². The van der Waals surface area contributed by atoms with Gasteiger partial charge in [-0.2, -0.15) is 0 Å². The van der Waals surface area contributed by atoms with Crippen molar-refractivity contribution in [2.24, 2.45) is 0 Å². The van der Waals surface area contributed by atoms with E-state index in [4.69, 9.17) is 4.74 Å². The number of benzene rings is 1. The second kappa shape index (κ2) is 5.96. The Labute approximate surface area is 88.4 Å². The summed E-state index contributed by atoms with van der Waals surface area (Å²) in [6.07, 6.45) is 3.62. The molecule has 0 saturated heterocycles. The third-order valence-electron chi connectivity index (χ3n) is 1.71. The largest absolute Gasteiger partial charge is 0.463 e. The molecule has 0 radical (unpaired) electrons. The van der Waals surface area contributed by atoms with E-state index < -0.39 is 5.97 Å². The van der Waals surface area contributed by atoms with Crippen LogP contribution in [0.25, 0.3) is 6.08 Å². The van der Waals surface area contributed by atoms with Gasteiger partial charge in [-0.25, -0.2) is 9.18 Å². The van der Waals surface area contributed by atoms with Crippen molar-refractivity contribution in [2.75, 3.05) is 6.61 Å². The summed E-state index contributed by atoms with van der Waals surface area (Å²) >= 11 is 0. The van der Waals surface area contributed by atoms with Gasteiger partial charge < -0.3 is 4.74 Å². The van der Waals surface area contributed by atoms with E-state index >= 15 is 0 Å². The molecule has 0 saturated carbocycles. The van der Waals surface area contributed by atoms with Crippen LogP contribution in [-0.2, 0) is 9.53 Å². The molecule has 3 heteroatoms. The van der Waals surface area contributed by atoms with E-state index in [2.05, 4.69) is 0 Å². The molecule has 0 aromatic heterocycles. The fourth-order valence-electron chi connectivity index (χ4n) is 1.03. The molecular formula is C12H13FO2. The van der Waals surface area contributed by atoms with E-state index in [1.54, 1.807) is 12.1 Å². The van der Waals surface area contributed by atoms with Crippen LogP contribution in [0.4, 0.5) is 4.39 Å². The summed E-state index contributed by atoms with van der Waals surface area (Å²) in [6, 6.07) is 6.01. The van der Waals surface area contributed by atoms with Crippen LogP contribution < -0.4 is 0 Å². The average molecular weight is 208 g/mol. The van der Waals surface area contributed by atoms with Crippen molar-refractivity contribution in [3.8, 4) is 0 Å². The van der Waals surface area contributed by atoms with Crippen LogP contribution in [0.15, 0.2) is 30.3 Å². The summed E-state index contributed by atoms with van der Waals surface area (Å²) in [6.45, 7) is 2.33. The van der Waals surface area contributed by atoms with E-state index in [1.165, 1.54) is 24.3 Å². The van der Waals surface area contributed by atoms with Crippen LogP contribution >= 0.6 is 0 Å². The molecule has 1 aromatic carbocycles. The Morgan fingerprint density at radius 1 is 1.53 bits per heavy atom. The molecule has 2 nitrogen and oxygen atoms in total. The topological polar surface area (TPSA) is 26.3 Å². The summed E-state index contributed by atoms with van der Waals surface area (Å²) in [5, 5.41) is 0. The highest BCUT2D eigenvalue weighted by Gasteiger charge is 1.95. The van der Waals surface area contributed by atoms with Gasteiger partial charge in [-0.05, 0) is 30.2 Å². The predicted molar refractivity (Wildman–Crippen MR) is 56.7 cm³/mol. The highest BCUT2D eigenvalue weighted by molar-refractivity contribution is 5.86. The van der Waals surface area contributed by atoms with Crippen molar-refractivity contribution in [3.63, 3.8) is 0 Å². The molecule has 0 atom stereocenters. The number of rotatable bonds is 4. The zero-order chi connectivity index (χ0) is 11.1. The first-order chi connectivity index (χ1) is 7.22. The number of hydrogen-bond donors (Lipinski definition) is 0. The Morgan fingerprint density at radius 3 is 3.00 bits per heavy atom. The van der Waals surface area contributed by atoms with E-state index in [0.29, 0.717) is 12.2 Å². The molecule has 1 aromatic rings. The van der Waals surface area contributed by atoms with E-state index in [9.17, 15) is 9.18 Å². The standard InChI is InChI=1S/C12H13FO2/c1-2-8-15-12(14)7-6-10-4-3-5-11(13)9-10/h3-7,9H,2,8H2,1H3. The second-order valence-corrected chi connectivity index (χ2v) is 3.06. The van der Waals surface area contributed by atoms with Crippen molar-refractivity contribution < 1.29 is 13.9 Å². The lowest BCUT2D eigenvalue weighted by molar-refractivity contribution is -0.137. The first kappa shape index (κ1) is 11.4. The highest BCUT2D eigenvalue weighted by Crippen LogP contribution is 2.05. The van der Waals surface area contributed by atoms with Crippen LogP contribution in [0.3, 0.4) is 0 Å². The molecular weight excluding hydrogens is 195 g/mol. The number of carbonyl (C=O) groups excluding carboxylic acids is 1. The predicted octanol–water partition coefficient (Wildman–Crippen LogP) is 2.79. The third-order valence-corrected chi connectivity index (χ3v) is 1.71. The van der Waals surface area contributed by atoms with Crippen molar-refractivity contribution in [1.29, 1.82) is 0 Å². The van der Waals surface area contributed by atoms with Gasteiger partial charge in [0.1, 0.15) is 5.82 Å². The molecule has 0 aliphatic rings. The van der Waals surface area contributed by atoms with Gasteiger partial charge in [0.15, 0.2) is 0 Å². The monoisotopic (exact) mass is 208 g/mol. The summed E-state index contributed by atoms with van der Waals surface area (Å²) in [4.78, 5) is 11.1. The number of carbonyl (C=O) groups is 1. The lowest BCUT2D eigenvalue weighted by Crippen LogP contribution is -2.00. The minimum absolute atomic E-state index is 0.320. The lowest BCUT2D eigenvalue weighted by atomic mass is 10.2. The molecule has 0 fully saturated rings. The number of esters is 1. The van der Waals surface area contributed by atoms with Gasteiger partial charge in [0.05, 0.1) is 6.61 Å². The zero-order valence-corrected chi connectivity index (χ0v) is 8.57. The Bertz CT molecular complexity index is 358. The summed E-state index contributed by atoms with van der Waals surface area (Å²) < 4.78 is 17.6. The maximum Gasteiger partial charge on any atom is 0.330 e. The quantitative estimate of drug-likeness (QED) is 0.561. The summed E-state index contributed by atoms with van der Waals surface area (Å²) in [5.41, 5.74) is 0.642. The van der Waals surface area contributed by atoms with Crippen molar-refractivity contribution in [1.82, 2.24) is 0 Å². The molecule has 15 heavy (non-hydrogen) atoms. The molecule has 0 aliphatic heterocycles. The Balaban J connectivity index is 2.53. The van der Waals surface area contributed by atoms with Gasteiger partial charge in [-0.3, -0.25) is 0 Å². The van der Waals surface area contributed by atoms with Gasteiger partial charge in [-0.15, -0.1) is 0 Å². The molecule has 0 unspecified atom stereocenters. The molecule has 0 N–H and O–H groups in total. The maximum atomic E-state index is 12.7. The molecule has 0 aliphatic carbocycles. The zero-order valence-electron chi connectivity index (χ0n) is 8.57. The van der Waals surface area contributed by atoms with E-state index in [1.807, 2.05) is 6.92 Å². The SMILES string of the molecule is CCCOC(=O)C=Cc1cccc(F)c1. The molecule has 80 valence electrons. The number of hydrogen-bond acceptors (Lipinski definition) is 2. The minimum Gasteiger partial charge on any atom is -0.463 e. The van der Waals surface area contributed by atoms with Crippen molar-refractivity contribution in [2.45, 2.75) is 13.3 Å². The Hall–Kier alpha value is -1.64. The van der Waals surface area contributed by atoms with Crippen molar-refractivity contribution >= 4 is 12.0 Å². The van der Waals surface area contributed by atoms with Gasteiger partial charge in [0.2, 0.25) is 0 Å². The summed E-state index contributed by atoms with van der Waals surface area (Å²) in [5.74, 6) is -0.722. The Kier molecular flexibility index (Phi) is 4.54. The van der Waals surface area contributed by atoms with Crippen LogP contribution in [-0.4, -0.2) is 12.6 Å². The molecule has 0 heterocycles. The first-order valence-electron chi connectivity index (χ1n) is 4.83. The Morgan fingerprint density at radius 2 is 2.33 bits per heavy atom. The molecule has 0 bridgehead atoms. The maximum absolute atomic E-state index is 12.7. The molecule has 0 amide bonds. The van der Waals surface area contributed by atoms with Gasteiger partial charge >= 0.3 is 5.97 Å². The first-order valence-corrected chi connectivity index (χ1v) is 4.83. The normalized spacial score (nSPS) is 10.5. The third kappa shape index (κ3) is 4.40. The fourth-order valence-corrected chi connectivity index (χ4v) is 1.03. The van der Waals surface area contributed by atoms with Crippen LogP contribution in [0.2, 0.25) is 0 Å². The van der Waals surface area contributed by atoms with Crippen LogP contribution in [0.5, 0.6) is 0 Å².